The van der Waals surface area contributed by atoms with Crippen LogP contribution in [0.15, 0.2) is 0 Å². The second-order valence-electron chi connectivity index (χ2n) is 5.74. The van der Waals surface area contributed by atoms with Crippen molar-refractivity contribution in [2.45, 2.75) is 18.9 Å². The van der Waals surface area contributed by atoms with E-state index in [1.165, 1.54) is 22.8 Å². The number of rotatable bonds is 6. The van der Waals surface area contributed by atoms with Gasteiger partial charge in [-0.05, 0) is 6.42 Å². The maximum atomic E-state index is 12.5. The second kappa shape index (κ2) is 9.14. The smallest absolute Gasteiger partial charge is 0.306 e. The van der Waals surface area contributed by atoms with Gasteiger partial charge in [0.25, 0.3) is 10.2 Å². The number of carbonyl (C=O) groups is 1. The molecule has 0 bridgehead atoms. The molecule has 2 fully saturated rings. The standard InChI is InChI=1S/C13H26N4O4S.ClH/c1-15(7-4-13(18)21-2)22(19,20)17-8-3-12(11-17)16-9-5-14-6-10-16;/h12,14H,3-11H2,1-2H3;1H. The van der Waals surface area contributed by atoms with E-state index in [2.05, 4.69) is 15.0 Å². The summed E-state index contributed by atoms with van der Waals surface area (Å²) in [5.74, 6) is -0.401. The van der Waals surface area contributed by atoms with Crippen molar-refractivity contribution in [1.29, 1.82) is 0 Å². The monoisotopic (exact) mass is 370 g/mol. The van der Waals surface area contributed by atoms with Gasteiger partial charge in [0.05, 0.1) is 13.5 Å². The van der Waals surface area contributed by atoms with Gasteiger partial charge in [0.15, 0.2) is 0 Å². The van der Waals surface area contributed by atoms with E-state index in [1.54, 1.807) is 0 Å². The lowest BCUT2D eigenvalue weighted by atomic mass is 10.2. The molecule has 2 aliphatic heterocycles. The Morgan fingerprint density at radius 2 is 1.96 bits per heavy atom. The van der Waals surface area contributed by atoms with E-state index in [0.717, 1.165) is 32.6 Å². The van der Waals surface area contributed by atoms with Gasteiger partial charge < -0.3 is 10.1 Å². The van der Waals surface area contributed by atoms with Gasteiger partial charge in [-0.25, -0.2) is 0 Å². The first kappa shape index (κ1) is 20.6. The van der Waals surface area contributed by atoms with Gasteiger partial charge in [0, 0.05) is 58.9 Å². The van der Waals surface area contributed by atoms with E-state index in [-0.39, 0.29) is 25.4 Å². The summed E-state index contributed by atoms with van der Waals surface area (Å²) in [6.07, 6.45) is 0.936. The van der Waals surface area contributed by atoms with Gasteiger partial charge in [-0.3, -0.25) is 9.69 Å². The predicted octanol–water partition coefficient (Wildman–Crippen LogP) is -0.873. The maximum absolute atomic E-state index is 12.5. The molecule has 0 aromatic carbocycles. The van der Waals surface area contributed by atoms with Gasteiger partial charge in [-0.15, -0.1) is 12.4 Å². The molecule has 0 spiro atoms. The molecule has 0 saturated carbocycles. The Labute approximate surface area is 144 Å². The van der Waals surface area contributed by atoms with Crippen molar-refractivity contribution >= 4 is 28.6 Å². The van der Waals surface area contributed by atoms with Crippen LogP contribution in [0.25, 0.3) is 0 Å². The maximum Gasteiger partial charge on any atom is 0.306 e. The minimum Gasteiger partial charge on any atom is -0.469 e. The second-order valence-corrected chi connectivity index (χ2v) is 7.78. The highest BCUT2D eigenvalue weighted by Gasteiger charge is 2.36. The van der Waals surface area contributed by atoms with E-state index >= 15 is 0 Å². The number of piperazine rings is 1. The molecule has 0 aromatic heterocycles. The third-order valence-electron chi connectivity index (χ3n) is 4.37. The fourth-order valence-corrected chi connectivity index (χ4v) is 4.34. The molecule has 23 heavy (non-hydrogen) atoms. The number of carbonyl (C=O) groups excluding carboxylic acids is 1. The highest BCUT2D eigenvalue weighted by atomic mass is 35.5. The highest BCUT2D eigenvalue weighted by molar-refractivity contribution is 7.86. The lowest BCUT2D eigenvalue weighted by molar-refractivity contribution is -0.140. The molecule has 2 rings (SSSR count). The van der Waals surface area contributed by atoms with Crippen molar-refractivity contribution in [2.24, 2.45) is 0 Å². The number of nitrogens with one attached hydrogen (secondary N) is 1. The fraction of sp³-hybridized carbons (Fsp3) is 0.923. The summed E-state index contributed by atoms with van der Waals surface area (Å²) in [6.45, 7) is 5.08. The zero-order valence-electron chi connectivity index (χ0n) is 13.7. The molecule has 0 aliphatic carbocycles. The zero-order valence-corrected chi connectivity index (χ0v) is 15.4. The van der Waals surface area contributed by atoms with Crippen molar-refractivity contribution in [2.75, 3.05) is 60.0 Å². The Morgan fingerprint density at radius 3 is 2.57 bits per heavy atom. The van der Waals surface area contributed by atoms with Crippen LogP contribution < -0.4 is 5.32 Å². The van der Waals surface area contributed by atoms with E-state index in [0.29, 0.717) is 19.1 Å². The number of nitrogens with zero attached hydrogens (tertiary/aromatic N) is 3. The van der Waals surface area contributed by atoms with Gasteiger partial charge in [0.2, 0.25) is 0 Å². The largest absolute Gasteiger partial charge is 0.469 e. The number of esters is 1. The van der Waals surface area contributed by atoms with Crippen LogP contribution in [-0.2, 0) is 19.7 Å². The van der Waals surface area contributed by atoms with E-state index in [4.69, 9.17) is 0 Å². The van der Waals surface area contributed by atoms with Crippen molar-refractivity contribution in [3.05, 3.63) is 0 Å². The quantitative estimate of drug-likeness (QED) is 0.612. The van der Waals surface area contributed by atoms with Gasteiger partial charge in [0.1, 0.15) is 0 Å². The number of hydrogen-bond acceptors (Lipinski definition) is 6. The highest BCUT2D eigenvalue weighted by Crippen LogP contribution is 2.20. The van der Waals surface area contributed by atoms with Crippen LogP contribution in [-0.4, -0.2) is 93.9 Å². The first-order valence-electron chi connectivity index (χ1n) is 7.68. The Hall–Kier alpha value is -0.450. The van der Waals surface area contributed by atoms with Gasteiger partial charge in [-0.1, -0.05) is 0 Å². The first-order chi connectivity index (χ1) is 10.4. The summed E-state index contributed by atoms with van der Waals surface area (Å²) in [7, 11) is -0.686. The average molecular weight is 371 g/mol. The Balaban J connectivity index is 0.00000264. The van der Waals surface area contributed by atoms with E-state index in [9.17, 15) is 13.2 Å². The first-order valence-corrected chi connectivity index (χ1v) is 9.08. The Kier molecular flexibility index (Phi) is 8.19. The molecule has 2 aliphatic rings. The molecular weight excluding hydrogens is 344 g/mol. The summed E-state index contributed by atoms with van der Waals surface area (Å²) < 4.78 is 32.4. The molecule has 0 aromatic rings. The van der Waals surface area contributed by atoms with Crippen LogP contribution in [0.2, 0.25) is 0 Å². The summed E-state index contributed by atoms with van der Waals surface area (Å²) in [5.41, 5.74) is 0. The molecule has 0 amide bonds. The van der Waals surface area contributed by atoms with Crippen molar-refractivity contribution in [3.63, 3.8) is 0 Å². The Bertz CT molecular complexity index is 484. The average Bonchev–Trinajstić information content (AvgIpc) is 3.03. The summed E-state index contributed by atoms with van der Waals surface area (Å²) in [5, 5.41) is 3.31. The molecular formula is C13H27ClN4O4S. The molecule has 0 radical (unpaired) electrons. The minimum absolute atomic E-state index is 0. The number of halogens is 1. The van der Waals surface area contributed by atoms with Crippen LogP contribution in [0.1, 0.15) is 12.8 Å². The lowest BCUT2D eigenvalue weighted by Crippen LogP contribution is -2.50. The fourth-order valence-electron chi connectivity index (χ4n) is 2.93. The normalized spacial score (nSPS) is 23.7. The molecule has 1 N–H and O–H groups in total. The predicted molar refractivity (Wildman–Crippen MR) is 89.9 cm³/mol. The number of hydrogen-bond donors (Lipinski definition) is 1. The molecule has 1 unspecified atom stereocenters. The summed E-state index contributed by atoms with van der Waals surface area (Å²) in [6, 6.07) is 0.297. The van der Waals surface area contributed by atoms with Crippen molar-refractivity contribution in [3.8, 4) is 0 Å². The third-order valence-corrected chi connectivity index (χ3v) is 6.33. The Morgan fingerprint density at radius 1 is 1.30 bits per heavy atom. The lowest BCUT2D eigenvalue weighted by Gasteiger charge is -2.32. The third kappa shape index (κ3) is 5.27. The van der Waals surface area contributed by atoms with E-state index in [1.807, 2.05) is 0 Å². The van der Waals surface area contributed by atoms with Crippen LogP contribution in [0.4, 0.5) is 0 Å². The van der Waals surface area contributed by atoms with Gasteiger partial charge in [-0.2, -0.15) is 17.0 Å². The number of methoxy groups -OCH3 is 1. The SMILES string of the molecule is COC(=O)CCN(C)S(=O)(=O)N1CCC(N2CCNCC2)C1.Cl. The molecule has 10 heteroatoms. The number of ether oxygens (including phenoxy) is 1. The van der Waals surface area contributed by atoms with Crippen LogP contribution in [0.5, 0.6) is 0 Å². The zero-order chi connectivity index (χ0) is 16.2. The van der Waals surface area contributed by atoms with Crippen molar-refractivity contribution in [1.82, 2.24) is 18.8 Å². The molecule has 2 heterocycles. The van der Waals surface area contributed by atoms with E-state index < -0.39 is 16.2 Å². The molecule has 136 valence electrons. The molecule has 1 atom stereocenters. The van der Waals surface area contributed by atoms with Crippen LogP contribution >= 0.6 is 12.4 Å². The minimum atomic E-state index is -3.50. The van der Waals surface area contributed by atoms with Crippen LogP contribution in [0, 0.1) is 0 Å². The van der Waals surface area contributed by atoms with Crippen LogP contribution in [0.3, 0.4) is 0 Å². The summed E-state index contributed by atoms with van der Waals surface area (Å²) in [4.78, 5) is 13.5. The van der Waals surface area contributed by atoms with Crippen molar-refractivity contribution < 1.29 is 17.9 Å². The van der Waals surface area contributed by atoms with Gasteiger partial charge >= 0.3 is 5.97 Å². The summed E-state index contributed by atoms with van der Waals surface area (Å²) >= 11 is 0. The molecule has 8 nitrogen and oxygen atoms in total. The molecule has 2 saturated heterocycles. The topological polar surface area (TPSA) is 82.2 Å².